The average molecular weight is 1040 g/mol. The predicted octanol–water partition coefficient (Wildman–Crippen LogP) is 12.8. The first-order chi connectivity index (χ1) is 35.3. The van der Waals surface area contributed by atoms with E-state index in [4.69, 9.17) is 32.5 Å². The van der Waals surface area contributed by atoms with E-state index in [-0.39, 0.29) is 33.8 Å². The smallest absolute Gasteiger partial charge is 0.494 e. The number of hydrogen-bond donors (Lipinski definition) is 0. The third-order valence-corrected chi connectivity index (χ3v) is 11.6. The molecule has 19 heteroatoms. The van der Waals surface area contributed by atoms with Crippen LogP contribution >= 0.6 is 0 Å². The Kier molecular flexibility index (Phi) is 19.8. The Hall–Kier alpha value is -6.83. The number of hydrogen-bond acceptors (Lipinski definition) is 13. The lowest BCUT2D eigenvalue weighted by atomic mass is 10.00. The number of aryl methyl sites for hydroxylation is 2. The van der Waals surface area contributed by atoms with E-state index in [1.807, 2.05) is 36.4 Å². The largest absolute Gasteiger partial charge is 0.496 e. The molecular weight excluding hydrogens is 983 g/mol. The predicted molar refractivity (Wildman–Crippen MR) is 264 cm³/mol. The molecular formula is C55H58F6O13. The summed E-state index contributed by atoms with van der Waals surface area (Å²) in [7, 11) is 3.03. The van der Waals surface area contributed by atoms with Gasteiger partial charge < -0.3 is 37.3 Å². The van der Waals surface area contributed by atoms with Gasteiger partial charge in [-0.05, 0) is 85.3 Å². The molecule has 0 unspecified atom stereocenters. The molecule has 0 saturated heterocycles. The zero-order valence-electron chi connectivity index (χ0n) is 41.4. The van der Waals surface area contributed by atoms with E-state index in [0.29, 0.717) is 39.5 Å². The van der Waals surface area contributed by atoms with Crippen LogP contribution in [0.1, 0.15) is 76.3 Å². The number of rotatable bonds is 30. The number of benzene rings is 4. The van der Waals surface area contributed by atoms with Gasteiger partial charge in [0.15, 0.2) is 0 Å². The molecule has 0 N–H and O–H groups in total. The van der Waals surface area contributed by atoms with Crippen LogP contribution in [-0.4, -0.2) is 71.2 Å². The number of carbonyl (C=O) groups excluding carboxylic acids is 1. The van der Waals surface area contributed by atoms with Gasteiger partial charge in [-0.3, -0.25) is 0 Å². The van der Waals surface area contributed by atoms with Gasteiger partial charge in [-0.1, -0.05) is 70.4 Å². The quantitative estimate of drug-likeness (QED) is 0.0105. The molecule has 0 bridgehead atoms. The summed E-state index contributed by atoms with van der Waals surface area (Å²) in [6.07, 6.45) is -10.8. The van der Waals surface area contributed by atoms with Crippen molar-refractivity contribution in [2.24, 2.45) is 0 Å². The van der Waals surface area contributed by atoms with Gasteiger partial charge >= 0.3 is 35.7 Å². The molecule has 0 atom stereocenters. The first-order valence-corrected chi connectivity index (χ1v) is 24.1. The Morgan fingerprint density at radius 3 is 1.50 bits per heavy atom. The molecule has 0 radical (unpaired) electrons. The van der Waals surface area contributed by atoms with Crippen LogP contribution in [0.5, 0.6) is 23.0 Å². The lowest BCUT2D eigenvalue weighted by Gasteiger charge is -2.27. The summed E-state index contributed by atoms with van der Waals surface area (Å²) in [5.41, 5.74) is 2.68. The minimum atomic E-state index is -5.51. The second kappa shape index (κ2) is 25.9. The van der Waals surface area contributed by atoms with Crippen LogP contribution in [0.25, 0.3) is 44.2 Å². The molecule has 6 rings (SSSR count). The molecule has 0 spiro atoms. The Morgan fingerprint density at radius 2 is 1.07 bits per heavy atom. The highest BCUT2D eigenvalue weighted by Gasteiger charge is 2.52. The number of carbonyl (C=O) groups is 1. The van der Waals surface area contributed by atoms with Crippen molar-refractivity contribution in [2.75, 3.05) is 40.6 Å². The number of alkyl halides is 6. The summed E-state index contributed by atoms with van der Waals surface area (Å²) in [6.45, 7) is 4.35. The number of halogens is 6. The molecule has 0 amide bonds. The van der Waals surface area contributed by atoms with Gasteiger partial charge in [0, 0.05) is 40.1 Å². The van der Waals surface area contributed by atoms with E-state index in [1.165, 1.54) is 26.4 Å². The summed E-state index contributed by atoms with van der Waals surface area (Å²) < 4.78 is 137. The highest BCUT2D eigenvalue weighted by molar-refractivity contribution is 5.85. The SMILES string of the molecule is C=CC(=O)OCCC(F)(F)OC(F)(F)OC(F)(F)CCOC(COc1ccc2cc(-c3ccc(CCCCC)cc3OC)c(=O)oc2c1)COc1ccc2cc(-c3ccc(CCCCC)cc3OC)c(=O)oc2c1. The maximum atomic E-state index is 14.8. The molecule has 4 aromatic carbocycles. The third kappa shape index (κ3) is 16.1. The molecule has 0 aliphatic heterocycles. The van der Waals surface area contributed by atoms with Gasteiger partial charge in [0.05, 0.1) is 51.4 Å². The Bertz CT molecular complexity index is 2810. The summed E-state index contributed by atoms with van der Waals surface area (Å²) in [5, 5.41) is 1.05. The fourth-order valence-electron chi connectivity index (χ4n) is 7.79. The van der Waals surface area contributed by atoms with Crippen LogP contribution in [0.2, 0.25) is 0 Å². The molecule has 74 heavy (non-hydrogen) atoms. The molecule has 0 aliphatic carbocycles. The molecule has 0 fully saturated rings. The van der Waals surface area contributed by atoms with Gasteiger partial charge in [0.25, 0.3) is 0 Å². The average Bonchev–Trinajstić information content (AvgIpc) is 3.35. The number of fused-ring (bicyclic) bond motifs is 2. The molecule has 2 heterocycles. The van der Waals surface area contributed by atoms with Gasteiger partial charge in [-0.2, -0.15) is 17.6 Å². The highest BCUT2D eigenvalue weighted by Crippen LogP contribution is 2.37. The van der Waals surface area contributed by atoms with Crippen molar-refractivity contribution in [3.05, 3.63) is 130 Å². The van der Waals surface area contributed by atoms with E-state index >= 15 is 0 Å². The standard InChI is InChI=1S/C55H58F6O13/c1-6-9-11-13-35-15-21-42(48(27-35)65-4)44-29-37-17-19-39(31-46(37)71-51(44)63)69-33-41(67-25-23-53(56,57)73-55(60,61)74-54(58,59)24-26-68-50(62)8-3)34-70-40-20-18-38-30-45(52(64)72-47(38)32-40)43-22-16-36(14-12-10-7-2)28-49(43)66-5/h8,15-22,27-32,41H,3,6-7,9-14,23-26,33-34H2,1-2,4-5H3. The van der Waals surface area contributed by atoms with Crippen LogP contribution in [0.15, 0.2) is 116 Å². The van der Waals surface area contributed by atoms with Crippen molar-refractivity contribution in [1.82, 2.24) is 0 Å². The summed E-state index contributed by atoms with van der Waals surface area (Å²) in [4.78, 5) is 37.8. The van der Waals surface area contributed by atoms with Crippen molar-refractivity contribution in [2.45, 2.75) is 103 Å². The normalized spacial score (nSPS) is 12.1. The fourth-order valence-corrected chi connectivity index (χ4v) is 7.79. The molecule has 6 aromatic rings. The van der Waals surface area contributed by atoms with E-state index in [0.717, 1.165) is 62.5 Å². The number of esters is 1. The summed E-state index contributed by atoms with van der Waals surface area (Å²) >= 11 is 0. The van der Waals surface area contributed by atoms with Crippen LogP contribution in [-0.2, 0) is 36.6 Å². The molecule has 0 aliphatic rings. The Balaban J connectivity index is 1.18. The van der Waals surface area contributed by atoms with E-state index in [1.54, 1.807) is 36.4 Å². The molecule has 2 aromatic heterocycles. The monoisotopic (exact) mass is 1040 g/mol. The first kappa shape index (κ1) is 56.5. The zero-order chi connectivity index (χ0) is 53.5. The maximum Gasteiger partial charge on any atom is 0.494 e. The highest BCUT2D eigenvalue weighted by atomic mass is 19.3. The van der Waals surface area contributed by atoms with Crippen LogP contribution in [0.3, 0.4) is 0 Å². The Morgan fingerprint density at radius 1 is 0.608 bits per heavy atom. The number of unbranched alkanes of at least 4 members (excludes halogenated alkanes) is 4. The molecule has 398 valence electrons. The minimum Gasteiger partial charge on any atom is -0.496 e. The molecule has 13 nitrogen and oxygen atoms in total. The van der Waals surface area contributed by atoms with Gasteiger partial charge in [0.2, 0.25) is 0 Å². The van der Waals surface area contributed by atoms with E-state index in [2.05, 4.69) is 34.6 Å². The van der Waals surface area contributed by atoms with Gasteiger partial charge in [0.1, 0.15) is 53.5 Å². The number of ether oxygens (including phenoxy) is 8. The minimum absolute atomic E-state index is 0.141. The van der Waals surface area contributed by atoms with Crippen LogP contribution in [0, 0.1) is 0 Å². The second-order valence-corrected chi connectivity index (χ2v) is 17.2. The van der Waals surface area contributed by atoms with Crippen LogP contribution < -0.4 is 30.2 Å². The number of methoxy groups -OCH3 is 2. The summed E-state index contributed by atoms with van der Waals surface area (Å²) in [5.74, 6) is 0.174. The second-order valence-electron chi connectivity index (χ2n) is 17.2. The third-order valence-electron chi connectivity index (χ3n) is 11.6. The van der Waals surface area contributed by atoms with Crippen molar-refractivity contribution < 1.29 is 77.9 Å². The van der Waals surface area contributed by atoms with Crippen LogP contribution in [0.4, 0.5) is 26.3 Å². The molecule has 0 saturated carbocycles. The van der Waals surface area contributed by atoms with Crippen molar-refractivity contribution in [3.63, 3.8) is 0 Å². The zero-order valence-corrected chi connectivity index (χ0v) is 41.4. The lowest BCUT2D eigenvalue weighted by molar-refractivity contribution is -0.515. The maximum absolute atomic E-state index is 14.8. The van der Waals surface area contributed by atoms with Crippen molar-refractivity contribution in [1.29, 1.82) is 0 Å². The topological polar surface area (TPSA) is 151 Å². The summed E-state index contributed by atoms with van der Waals surface area (Å²) in [6, 6.07) is 23.8. The Labute approximate surface area is 422 Å². The van der Waals surface area contributed by atoms with Crippen molar-refractivity contribution in [3.8, 4) is 45.3 Å². The first-order valence-electron chi connectivity index (χ1n) is 24.1. The fraction of sp³-hybridized carbons (Fsp3) is 0.400. The lowest BCUT2D eigenvalue weighted by Crippen LogP contribution is -2.41. The van der Waals surface area contributed by atoms with Gasteiger partial charge in [-0.15, -0.1) is 8.78 Å². The van der Waals surface area contributed by atoms with E-state index < -0.39 is 81.1 Å². The van der Waals surface area contributed by atoms with Crippen molar-refractivity contribution >= 4 is 27.9 Å². The van der Waals surface area contributed by atoms with E-state index in [9.17, 15) is 40.7 Å². The van der Waals surface area contributed by atoms with Gasteiger partial charge in [-0.25, -0.2) is 23.9 Å².